The number of fused-ring (bicyclic) bond motifs is 1. The molecule has 1 fully saturated rings. The summed E-state index contributed by atoms with van der Waals surface area (Å²) in [7, 11) is -7.46. The van der Waals surface area contributed by atoms with Crippen LogP contribution < -0.4 is 9.44 Å². The highest BCUT2D eigenvalue weighted by Gasteiger charge is 2.28. The Kier molecular flexibility index (Phi) is 4.41. The molecule has 0 aliphatic heterocycles. The smallest absolute Gasteiger partial charge is 0.261 e. The molecule has 6 nitrogen and oxygen atoms in total. The van der Waals surface area contributed by atoms with Gasteiger partial charge in [-0.05, 0) is 48.6 Å². The zero-order valence-corrected chi connectivity index (χ0v) is 15.9. The average Bonchev–Trinajstić information content (AvgIpc) is 3.45. The van der Waals surface area contributed by atoms with E-state index in [0.29, 0.717) is 5.69 Å². The van der Waals surface area contributed by atoms with Crippen LogP contribution in [0.2, 0.25) is 0 Å². The van der Waals surface area contributed by atoms with Gasteiger partial charge in [0.25, 0.3) is 10.0 Å². The third-order valence-electron chi connectivity index (χ3n) is 4.38. The summed E-state index contributed by atoms with van der Waals surface area (Å²) in [5.74, 6) is 0. The maximum atomic E-state index is 12.7. The van der Waals surface area contributed by atoms with Crippen LogP contribution in [0.15, 0.2) is 76.5 Å². The molecule has 0 aromatic heterocycles. The number of benzene rings is 3. The van der Waals surface area contributed by atoms with Gasteiger partial charge in [-0.25, -0.2) is 21.6 Å². The molecule has 3 aromatic rings. The minimum atomic E-state index is -3.84. The Bertz CT molecular complexity index is 1190. The second-order valence-electron chi connectivity index (χ2n) is 6.50. The van der Waals surface area contributed by atoms with Gasteiger partial charge in [0.1, 0.15) is 0 Å². The van der Waals surface area contributed by atoms with E-state index < -0.39 is 20.0 Å². The van der Waals surface area contributed by atoms with Gasteiger partial charge in [-0.15, -0.1) is 0 Å². The molecule has 0 spiro atoms. The van der Waals surface area contributed by atoms with Gasteiger partial charge in [0.2, 0.25) is 10.0 Å². The maximum Gasteiger partial charge on any atom is 0.261 e. The van der Waals surface area contributed by atoms with Crippen molar-refractivity contribution in [3.8, 4) is 0 Å². The molecular weight excluding hydrogens is 384 g/mol. The largest absolute Gasteiger partial charge is 0.279 e. The van der Waals surface area contributed by atoms with E-state index >= 15 is 0 Å². The Morgan fingerprint density at radius 1 is 0.704 bits per heavy atom. The first kappa shape index (κ1) is 18.0. The van der Waals surface area contributed by atoms with Crippen molar-refractivity contribution in [2.24, 2.45) is 0 Å². The SMILES string of the molecule is O=S(=O)(Nc1cccc2ccccc12)c1ccc(S(=O)(=O)NC2CC2)cc1. The lowest BCUT2D eigenvalue weighted by Crippen LogP contribution is -2.25. The number of rotatable bonds is 6. The normalized spacial score (nSPS) is 15.0. The van der Waals surface area contributed by atoms with Crippen molar-refractivity contribution >= 4 is 36.5 Å². The fourth-order valence-corrected chi connectivity index (χ4v) is 5.19. The summed E-state index contributed by atoms with van der Waals surface area (Å²) in [5.41, 5.74) is 0.472. The van der Waals surface area contributed by atoms with E-state index in [2.05, 4.69) is 9.44 Å². The van der Waals surface area contributed by atoms with Crippen molar-refractivity contribution < 1.29 is 16.8 Å². The van der Waals surface area contributed by atoms with E-state index in [0.717, 1.165) is 23.6 Å². The number of nitrogens with one attached hydrogen (secondary N) is 2. The Balaban J connectivity index is 1.62. The average molecular weight is 402 g/mol. The van der Waals surface area contributed by atoms with Crippen molar-refractivity contribution in [1.82, 2.24) is 4.72 Å². The quantitative estimate of drug-likeness (QED) is 0.663. The lowest BCUT2D eigenvalue weighted by molar-refractivity contribution is 0.580. The Labute approximate surface area is 158 Å². The predicted molar refractivity (Wildman–Crippen MR) is 105 cm³/mol. The minimum Gasteiger partial charge on any atom is -0.279 e. The number of hydrogen-bond acceptors (Lipinski definition) is 4. The van der Waals surface area contributed by atoms with Gasteiger partial charge in [0.05, 0.1) is 15.5 Å². The fraction of sp³-hybridized carbons (Fsp3) is 0.158. The van der Waals surface area contributed by atoms with E-state index in [9.17, 15) is 16.8 Å². The van der Waals surface area contributed by atoms with Gasteiger partial charge in [-0.2, -0.15) is 0 Å². The summed E-state index contributed by atoms with van der Waals surface area (Å²) >= 11 is 0. The second kappa shape index (κ2) is 6.63. The summed E-state index contributed by atoms with van der Waals surface area (Å²) in [6.45, 7) is 0. The third kappa shape index (κ3) is 3.83. The van der Waals surface area contributed by atoms with Gasteiger partial charge in [0.15, 0.2) is 0 Å². The standard InChI is InChI=1S/C19H18N2O4S2/c22-26(23,20-15-8-9-15)16-10-12-17(13-11-16)27(24,25)21-19-7-3-5-14-4-1-2-6-18(14)19/h1-7,10-13,15,20-21H,8-9H2. The zero-order chi connectivity index (χ0) is 19.1. The minimum absolute atomic E-state index is 0.000746. The van der Waals surface area contributed by atoms with Crippen LogP contribution in [0, 0.1) is 0 Å². The zero-order valence-electron chi connectivity index (χ0n) is 14.3. The first-order valence-electron chi connectivity index (χ1n) is 8.48. The molecule has 1 aliphatic carbocycles. The van der Waals surface area contributed by atoms with Crippen LogP contribution in [0.25, 0.3) is 10.8 Å². The Morgan fingerprint density at radius 2 is 1.30 bits per heavy atom. The Hall–Kier alpha value is -2.42. The molecule has 4 rings (SSSR count). The highest BCUT2D eigenvalue weighted by Crippen LogP contribution is 2.26. The third-order valence-corrected chi connectivity index (χ3v) is 7.30. The van der Waals surface area contributed by atoms with Crippen LogP contribution in [0.1, 0.15) is 12.8 Å². The van der Waals surface area contributed by atoms with Crippen LogP contribution in [0.5, 0.6) is 0 Å². The topological polar surface area (TPSA) is 92.3 Å². The molecule has 0 unspecified atom stereocenters. The van der Waals surface area contributed by atoms with Gasteiger partial charge in [-0.3, -0.25) is 4.72 Å². The summed E-state index contributed by atoms with van der Waals surface area (Å²) in [6, 6.07) is 18.0. The van der Waals surface area contributed by atoms with E-state index in [1.807, 2.05) is 30.3 Å². The summed E-state index contributed by atoms with van der Waals surface area (Å²) < 4.78 is 55.0. The van der Waals surface area contributed by atoms with Gasteiger partial charge in [0, 0.05) is 11.4 Å². The molecule has 0 amide bonds. The molecule has 0 saturated heterocycles. The van der Waals surface area contributed by atoms with Crippen molar-refractivity contribution in [1.29, 1.82) is 0 Å². The second-order valence-corrected chi connectivity index (χ2v) is 9.90. The predicted octanol–water partition coefficient (Wildman–Crippen LogP) is 3.08. The van der Waals surface area contributed by atoms with Crippen LogP contribution in [0.4, 0.5) is 5.69 Å². The van der Waals surface area contributed by atoms with Crippen LogP contribution in [-0.2, 0) is 20.0 Å². The molecule has 8 heteroatoms. The number of hydrogen-bond donors (Lipinski definition) is 2. The lowest BCUT2D eigenvalue weighted by atomic mass is 10.1. The fourth-order valence-electron chi connectivity index (χ4n) is 2.80. The van der Waals surface area contributed by atoms with E-state index in [4.69, 9.17) is 0 Å². The molecule has 1 saturated carbocycles. The summed E-state index contributed by atoms with van der Waals surface area (Å²) in [5, 5.41) is 1.71. The van der Waals surface area contributed by atoms with E-state index in [1.54, 1.807) is 12.1 Å². The first-order valence-corrected chi connectivity index (χ1v) is 11.4. The molecule has 0 heterocycles. The molecule has 0 bridgehead atoms. The molecule has 1 aliphatic rings. The van der Waals surface area contributed by atoms with Crippen molar-refractivity contribution in [2.75, 3.05) is 4.72 Å². The molecule has 2 N–H and O–H groups in total. The van der Waals surface area contributed by atoms with E-state index in [-0.39, 0.29) is 15.8 Å². The van der Waals surface area contributed by atoms with Gasteiger partial charge >= 0.3 is 0 Å². The highest BCUT2D eigenvalue weighted by atomic mass is 32.2. The molecular formula is C19H18N2O4S2. The van der Waals surface area contributed by atoms with Crippen LogP contribution >= 0.6 is 0 Å². The molecule has 0 radical (unpaired) electrons. The van der Waals surface area contributed by atoms with Crippen LogP contribution in [0.3, 0.4) is 0 Å². The van der Waals surface area contributed by atoms with E-state index in [1.165, 1.54) is 24.3 Å². The van der Waals surface area contributed by atoms with Crippen molar-refractivity contribution in [3.05, 3.63) is 66.7 Å². The molecule has 0 atom stereocenters. The summed E-state index contributed by atoms with van der Waals surface area (Å²) in [6.07, 6.45) is 1.67. The van der Waals surface area contributed by atoms with Crippen molar-refractivity contribution in [3.63, 3.8) is 0 Å². The van der Waals surface area contributed by atoms with Crippen LogP contribution in [-0.4, -0.2) is 22.9 Å². The number of anilines is 1. The first-order chi connectivity index (χ1) is 12.9. The van der Waals surface area contributed by atoms with Crippen molar-refractivity contribution in [2.45, 2.75) is 28.7 Å². The monoisotopic (exact) mass is 402 g/mol. The Morgan fingerprint density at radius 3 is 1.96 bits per heavy atom. The maximum absolute atomic E-state index is 12.7. The molecule has 27 heavy (non-hydrogen) atoms. The highest BCUT2D eigenvalue weighted by molar-refractivity contribution is 7.92. The summed E-state index contributed by atoms with van der Waals surface area (Å²) in [4.78, 5) is 0.0549. The lowest BCUT2D eigenvalue weighted by Gasteiger charge is -2.11. The molecule has 140 valence electrons. The number of sulfonamides is 2. The molecule has 3 aromatic carbocycles. The van der Waals surface area contributed by atoms with Gasteiger partial charge < -0.3 is 0 Å². The van der Waals surface area contributed by atoms with Gasteiger partial charge in [-0.1, -0.05) is 36.4 Å².